The molecular formula is C19H20Cl2FN3O. The molecular weight excluding hydrogens is 376 g/mol. The zero-order chi connectivity index (χ0) is 19.3. The molecule has 1 atom stereocenters. The Hall–Kier alpha value is -2.11. The minimum Gasteiger partial charge on any atom is -0.482 e. The summed E-state index contributed by atoms with van der Waals surface area (Å²) in [5, 5.41) is 0.244. The van der Waals surface area contributed by atoms with E-state index in [1.165, 1.54) is 12.1 Å². The molecule has 0 spiro atoms. The van der Waals surface area contributed by atoms with Crippen molar-refractivity contribution in [2.45, 2.75) is 26.4 Å². The van der Waals surface area contributed by atoms with Crippen LogP contribution < -0.4 is 10.5 Å². The van der Waals surface area contributed by atoms with Gasteiger partial charge in [0.25, 0.3) is 0 Å². The van der Waals surface area contributed by atoms with E-state index in [9.17, 15) is 4.39 Å². The maximum absolute atomic E-state index is 13.8. The first kappa shape index (κ1) is 20.2. The van der Waals surface area contributed by atoms with Gasteiger partial charge in [-0.2, -0.15) is 0 Å². The number of nitrogen functional groups attached to an aromatic ring is 1. The highest BCUT2D eigenvalue weighted by Crippen LogP contribution is 2.36. The first-order valence-corrected chi connectivity index (χ1v) is 8.82. The molecule has 4 nitrogen and oxygen atoms in total. The average Bonchev–Trinajstić information content (AvgIpc) is 2.60. The number of nitrogens with zero attached hydrogens (tertiary/aromatic N) is 2. The molecule has 2 aromatic rings. The van der Waals surface area contributed by atoms with Crippen LogP contribution in [0.4, 0.5) is 10.2 Å². The number of aliphatic imine (C=N–C) groups is 1. The quantitative estimate of drug-likeness (QED) is 0.500. The van der Waals surface area contributed by atoms with Crippen molar-refractivity contribution in [3.8, 4) is 5.75 Å². The average molecular weight is 396 g/mol. The normalized spacial score (nSPS) is 13.2. The molecule has 1 aromatic heterocycles. The fourth-order valence-corrected chi connectivity index (χ4v) is 3.15. The summed E-state index contributed by atoms with van der Waals surface area (Å²) in [6, 6.07) is 4.42. The van der Waals surface area contributed by atoms with Gasteiger partial charge in [-0.05, 0) is 37.1 Å². The number of halogens is 3. The van der Waals surface area contributed by atoms with Crippen molar-refractivity contribution in [3.63, 3.8) is 0 Å². The summed E-state index contributed by atoms with van der Waals surface area (Å²) in [5.74, 6) is 0.0140. The van der Waals surface area contributed by atoms with E-state index in [0.717, 1.165) is 17.6 Å². The van der Waals surface area contributed by atoms with Gasteiger partial charge in [0, 0.05) is 35.6 Å². The number of benzene rings is 1. The van der Waals surface area contributed by atoms with Crippen LogP contribution in [0.3, 0.4) is 0 Å². The van der Waals surface area contributed by atoms with E-state index in [2.05, 4.69) is 9.98 Å². The van der Waals surface area contributed by atoms with Crippen LogP contribution >= 0.6 is 23.2 Å². The summed E-state index contributed by atoms with van der Waals surface area (Å²) in [6.07, 6.45) is 5.63. The number of anilines is 1. The second-order valence-electron chi connectivity index (χ2n) is 5.58. The minimum atomic E-state index is -0.622. The SMILES string of the molecule is CC/C=C(\C=N/C)c1cnc(N)c(OC(C)c2c(Cl)ccc(F)c2Cl)c1. The van der Waals surface area contributed by atoms with E-state index in [1.54, 1.807) is 32.4 Å². The Bertz CT molecular complexity index is 853. The van der Waals surface area contributed by atoms with Crippen molar-refractivity contribution in [1.82, 2.24) is 4.98 Å². The van der Waals surface area contributed by atoms with E-state index in [4.69, 9.17) is 33.7 Å². The Labute approximate surface area is 162 Å². The molecule has 0 aliphatic rings. The highest BCUT2D eigenvalue weighted by atomic mass is 35.5. The number of ether oxygens (including phenoxy) is 1. The zero-order valence-electron chi connectivity index (χ0n) is 14.8. The third-order valence-electron chi connectivity index (χ3n) is 3.70. The van der Waals surface area contributed by atoms with Gasteiger partial charge in [-0.15, -0.1) is 0 Å². The number of hydrogen-bond donors (Lipinski definition) is 1. The maximum Gasteiger partial charge on any atom is 0.166 e. The highest BCUT2D eigenvalue weighted by molar-refractivity contribution is 6.36. The van der Waals surface area contributed by atoms with Crippen molar-refractivity contribution in [2.24, 2.45) is 4.99 Å². The summed E-state index contributed by atoms with van der Waals surface area (Å²) >= 11 is 12.2. The van der Waals surface area contributed by atoms with Crippen LogP contribution in [0.25, 0.3) is 5.57 Å². The van der Waals surface area contributed by atoms with Crippen LogP contribution in [0, 0.1) is 5.82 Å². The molecule has 2 N–H and O–H groups in total. The molecule has 138 valence electrons. The van der Waals surface area contributed by atoms with Crippen molar-refractivity contribution < 1.29 is 9.13 Å². The van der Waals surface area contributed by atoms with Crippen LogP contribution in [-0.2, 0) is 0 Å². The summed E-state index contributed by atoms with van der Waals surface area (Å²) in [4.78, 5) is 8.24. The number of allylic oxidation sites excluding steroid dienone is 2. The predicted octanol–water partition coefficient (Wildman–Crippen LogP) is 5.74. The van der Waals surface area contributed by atoms with Crippen molar-refractivity contribution in [1.29, 1.82) is 0 Å². The van der Waals surface area contributed by atoms with Gasteiger partial charge in [-0.25, -0.2) is 9.37 Å². The Balaban J connectivity index is 2.39. The van der Waals surface area contributed by atoms with Gasteiger partial charge >= 0.3 is 0 Å². The first-order chi connectivity index (χ1) is 12.4. The van der Waals surface area contributed by atoms with E-state index >= 15 is 0 Å². The van der Waals surface area contributed by atoms with Gasteiger partial charge in [0.15, 0.2) is 11.6 Å². The van der Waals surface area contributed by atoms with Gasteiger partial charge in [0.05, 0.1) is 5.02 Å². The zero-order valence-corrected chi connectivity index (χ0v) is 16.3. The topological polar surface area (TPSA) is 60.5 Å². The van der Waals surface area contributed by atoms with E-state index in [0.29, 0.717) is 16.3 Å². The largest absolute Gasteiger partial charge is 0.482 e. The highest BCUT2D eigenvalue weighted by Gasteiger charge is 2.20. The lowest BCUT2D eigenvalue weighted by Crippen LogP contribution is -2.08. The summed E-state index contributed by atoms with van der Waals surface area (Å²) in [6.45, 7) is 3.75. The lowest BCUT2D eigenvalue weighted by Gasteiger charge is -2.19. The molecule has 1 heterocycles. The van der Waals surface area contributed by atoms with Gasteiger partial charge in [-0.1, -0.05) is 36.2 Å². The number of hydrogen-bond acceptors (Lipinski definition) is 4. The van der Waals surface area contributed by atoms with Crippen LogP contribution in [0.5, 0.6) is 5.75 Å². The van der Waals surface area contributed by atoms with Crippen LogP contribution in [0.1, 0.15) is 37.5 Å². The summed E-state index contributed by atoms with van der Waals surface area (Å²) in [7, 11) is 1.70. The molecule has 0 fully saturated rings. The molecule has 7 heteroatoms. The molecule has 2 rings (SSSR count). The Morgan fingerprint density at radius 2 is 2.15 bits per heavy atom. The Kier molecular flexibility index (Phi) is 7.00. The molecule has 0 saturated carbocycles. The van der Waals surface area contributed by atoms with Gasteiger partial charge < -0.3 is 10.5 Å². The minimum absolute atomic E-state index is 0.0719. The van der Waals surface area contributed by atoms with Gasteiger partial charge in [0.2, 0.25) is 0 Å². The van der Waals surface area contributed by atoms with Crippen molar-refractivity contribution in [3.05, 3.63) is 57.5 Å². The van der Waals surface area contributed by atoms with Crippen molar-refractivity contribution >= 4 is 40.8 Å². The van der Waals surface area contributed by atoms with Crippen LogP contribution in [0.2, 0.25) is 10.0 Å². The molecule has 0 aliphatic heterocycles. The molecule has 26 heavy (non-hydrogen) atoms. The molecule has 1 aromatic carbocycles. The van der Waals surface area contributed by atoms with Crippen LogP contribution in [0.15, 0.2) is 35.5 Å². The second-order valence-corrected chi connectivity index (χ2v) is 6.36. The number of nitrogens with two attached hydrogens (primary N) is 1. The molecule has 0 aliphatic carbocycles. The summed E-state index contributed by atoms with van der Waals surface area (Å²) in [5.41, 5.74) is 8.01. The lowest BCUT2D eigenvalue weighted by atomic mass is 10.1. The Morgan fingerprint density at radius 3 is 2.81 bits per heavy atom. The summed E-state index contributed by atoms with van der Waals surface area (Å²) < 4.78 is 19.7. The van der Waals surface area contributed by atoms with E-state index in [1.807, 2.05) is 13.0 Å². The predicted molar refractivity (Wildman–Crippen MR) is 107 cm³/mol. The molecule has 0 bridgehead atoms. The number of aromatic nitrogens is 1. The lowest BCUT2D eigenvalue weighted by molar-refractivity contribution is 0.227. The smallest absolute Gasteiger partial charge is 0.166 e. The molecule has 1 unspecified atom stereocenters. The molecule has 0 amide bonds. The standard InChI is InChI=1S/C19H20Cl2FN3O/c1-4-5-12(9-24-3)13-8-16(19(23)25-10-13)26-11(2)17-14(20)6-7-15(22)18(17)21/h5-11H,4H2,1-3H3,(H2,23,25)/b12-5+,24-9-. The number of pyridine rings is 1. The Morgan fingerprint density at radius 1 is 1.42 bits per heavy atom. The van der Waals surface area contributed by atoms with E-state index in [-0.39, 0.29) is 10.8 Å². The van der Waals surface area contributed by atoms with Gasteiger partial charge in [0.1, 0.15) is 11.9 Å². The third kappa shape index (κ3) is 4.54. The monoisotopic (exact) mass is 395 g/mol. The molecule has 0 radical (unpaired) electrons. The van der Waals surface area contributed by atoms with Crippen molar-refractivity contribution in [2.75, 3.05) is 12.8 Å². The number of rotatable bonds is 6. The fraction of sp³-hybridized carbons (Fsp3) is 0.263. The fourth-order valence-electron chi connectivity index (χ4n) is 2.48. The van der Waals surface area contributed by atoms with E-state index < -0.39 is 11.9 Å². The van der Waals surface area contributed by atoms with Crippen LogP contribution in [-0.4, -0.2) is 18.2 Å². The second kappa shape index (κ2) is 9.01. The third-order valence-corrected chi connectivity index (χ3v) is 4.41. The first-order valence-electron chi connectivity index (χ1n) is 8.07. The van der Waals surface area contributed by atoms with Gasteiger partial charge in [-0.3, -0.25) is 4.99 Å². The maximum atomic E-state index is 13.8. The molecule has 0 saturated heterocycles.